The number of nitrogens with zero attached hydrogens (tertiary/aromatic N) is 1. The van der Waals surface area contributed by atoms with E-state index in [0.29, 0.717) is 0 Å². The van der Waals surface area contributed by atoms with Crippen molar-refractivity contribution in [3.8, 4) is 5.75 Å². The van der Waals surface area contributed by atoms with Crippen LogP contribution in [0.15, 0.2) is 18.2 Å². The molecule has 2 aliphatic rings. The van der Waals surface area contributed by atoms with Gasteiger partial charge >= 0.3 is 0 Å². The molecule has 2 heterocycles. The average molecular weight is 262 g/mol. The van der Waals surface area contributed by atoms with Crippen LogP contribution >= 0.6 is 0 Å². The van der Waals surface area contributed by atoms with E-state index in [2.05, 4.69) is 5.32 Å². The van der Waals surface area contributed by atoms with Crippen LogP contribution < -0.4 is 15.0 Å². The number of hydrogen-bond acceptors (Lipinski definition) is 4. The van der Waals surface area contributed by atoms with Gasteiger partial charge in [-0.3, -0.25) is 4.79 Å². The molecule has 1 amide bonds. The Labute approximate surface area is 112 Å². The highest BCUT2D eigenvalue weighted by molar-refractivity contribution is 5.97. The molecule has 1 aromatic rings. The largest absolute Gasteiger partial charge is 0.482 e. The SMILES string of the molecule is CN1C(=O)COc2ccc(CC3CNCCO3)cc21. The maximum atomic E-state index is 11.6. The van der Waals surface area contributed by atoms with E-state index in [1.54, 1.807) is 11.9 Å². The maximum Gasteiger partial charge on any atom is 0.264 e. The lowest BCUT2D eigenvalue weighted by molar-refractivity contribution is -0.120. The lowest BCUT2D eigenvalue weighted by Crippen LogP contribution is -2.39. The number of nitrogens with one attached hydrogen (secondary N) is 1. The first kappa shape index (κ1) is 12.4. The van der Waals surface area contributed by atoms with E-state index in [9.17, 15) is 4.79 Å². The number of carbonyl (C=O) groups excluding carboxylic acids is 1. The second-order valence-corrected chi connectivity index (χ2v) is 4.94. The van der Waals surface area contributed by atoms with Gasteiger partial charge in [-0.1, -0.05) is 6.07 Å². The Balaban J connectivity index is 1.78. The van der Waals surface area contributed by atoms with Crippen molar-refractivity contribution in [1.29, 1.82) is 0 Å². The molecule has 0 saturated carbocycles. The number of hydrogen-bond donors (Lipinski definition) is 1. The second-order valence-electron chi connectivity index (χ2n) is 4.94. The first-order chi connectivity index (χ1) is 9.24. The lowest BCUT2D eigenvalue weighted by Gasteiger charge is -2.27. The number of ether oxygens (including phenoxy) is 2. The molecule has 102 valence electrons. The smallest absolute Gasteiger partial charge is 0.264 e. The number of carbonyl (C=O) groups is 1. The second kappa shape index (κ2) is 5.19. The quantitative estimate of drug-likeness (QED) is 0.846. The van der Waals surface area contributed by atoms with Crippen LogP contribution in [0.3, 0.4) is 0 Å². The van der Waals surface area contributed by atoms with E-state index in [-0.39, 0.29) is 18.6 Å². The summed E-state index contributed by atoms with van der Waals surface area (Å²) in [5, 5.41) is 3.32. The number of morpholine rings is 1. The van der Waals surface area contributed by atoms with Gasteiger partial charge in [-0.05, 0) is 24.1 Å². The van der Waals surface area contributed by atoms with Crippen molar-refractivity contribution in [2.45, 2.75) is 12.5 Å². The summed E-state index contributed by atoms with van der Waals surface area (Å²) in [5.41, 5.74) is 2.01. The molecule has 0 bridgehead atoms. The van der Waals surface area contributed by atoms with Crippen LogP contribution in [0.4, 0.5) is 5.69 Å². The molecule has 1 aromatic carbocycles. The summed E-state index contributed by atoms with van der Waals surface area (Å²) in [4.78, 5) is 13.3. The third-order valence-electron chi connectivity index (χ3n) is 3.58. The number of fused-ring (bicyclic) bond motifs is 1. The predicted molar refractivity (Wildman–Crippen MR) is 71.7 cm³/mol. The molecule has 1 N–H and O–H groups in total. The third-order valence-corrected chi connectivity index (χ3v) is 3.58. The molecule has 1 saturated heterocycles. The Kier molecular flexibility index (Phi) is 3.40. The molecule has 0 aromatic heterocycles. The van der Waals surface area contributed by atoms with E-state index in [0.717, 1.165) is 43.1 Å². The Morgan fingerprint density at radius 1 is 1.47 bits per heavy atom. The summed E-state index contributed by atoms with van der Waals surface area (Å²) < 4.78 is 11.1. The standard InChI is InChI=1S/C14H18N2O3/c1-16-12-7-10(6-11-8-15-4-5-18-11)2-3-13(12)19-9-14(16)17/h2-3,7,11,15H,4-6,8-9H2,1H3. The minimum absolute atomic E-state index is 0.0137. The van der Waals surface area contributed by atoms with Gasteiger partial charge in [-0.25, -0.2) is 0 Å². The molecule has 3 rings (SSSR count). The fourth-order valence-electron chi connectivity index (χ4n) is 2.46. The molecule has 0 aliphatic carbocycles. The first-order valence-corrected chi connectivity index (χ1v) is 6.58. The van der Waals surface area contributed by atoms with Crippen LogP contribution in [-0.4, -0.2) is 45.4 Å². The van der Waals surface area contributed by atoms with Gasteiger partial charge in [-0.2, -0.15) is 0 Å². The van der Waals surface area contributed by atoms with E-state index in [1.165, 1.54) is 0 Å². The number of rotatable bonds is 2. The highest BCUT2D eigenvalue weighted by atomic mass is 16.5. The van der Waals surface area contributed by atoms with Gasteiger partial charge in [0.05, 0.1) is 18.4 Å². The molecule has 5 nitrogen and oxygen atoms in total. The van der Waals surface area contributed by atoms with Crippen LogP contribution in [-0.2, 0) is 16.0 Å². The van der Waals surface area contributed by atoms with Gasteiger partial charge in [-0.15, -0.1) is 0 Å². The molecular weight excluding hydrogens is 244 g/mol. The van der Waals surface area contributed by atoms with Crippen molar-refractivity contribution >= 4 is 11.6 Å². The number of amides is 1. The van der Waals surface area contributed by atoms with Gasteiger partial charge in [0.15, 0.2) is 6.61 Å². The van der Waals surface area contributed by atoms with E-state index in [4.69, 9.17) is 9.47 Å². The lowest BCUT2D eigenvalue weighted by atomic mass is 10.0. The molecular formula is C14H18N2O3. The van der Waals surface area contributed by atoms with Gasteiger partial charge in [0, 0.05) is 20.1 Å². The Bertz CT molecular complexity index is 484. The minimum Gasteiger partial charge on any atom is -0.482 e. The van der Waals surface area contributed by atoms with Gasteiger partial charge in [0.25, 0.3) is 5.91 Å². The zero-order chi connectivity index (χ0) is 13.2. The first-order valence-electron chi connectivity index (χ1n) is 6.58. The predicted octanol–water partition coefficient (Wildman–Crippen LogP) is 0.573. The summed E-state index contributed by atoms with van der Waals surface area (Å²) in [6.07, 6.45) is 1.06. The van der Waals surface area contributed by atoms with Gasteiger partial charge in [0.2, 0.25) is 0 Å². The normalized spacial score (nSPS) is 22.9. The van der Waals surface area contributed by atoms with E-state index < -0.39 is 0 Å². The molecule has 0 spiro atoms. The van der Waals surface area contributed by atoms with Crippen LogP contribution in [0, 0.1) is 0 Å². The number of benzene rings is 1. The van der Waals surface area contributed by atoms with Crippen molar-refractivity contribution in [1.82, 2.24) is 5.32 Å². The third kappa shape index (κ3) is 2.57. The zero-order valence-corrected chi connectivity index (χ0v) is 11.0. The minimum atomic E-state index is -0.0137. The Hall–Kier alpha value is -1.59. The van der Waals surface area contributed by atoms with Crippen molar-refractivity contribution in [3.63, 3.8) is 0 Å². The van der Waals surface area contributed by atoms with E-state index >= 15 is 0 Å². The molecule has 1 unspecified atom stereocenters. The summed E-state index contributed by atoms with van der Waals surface area (Å²) in [7, 11) is 1.78. The van der Waals surface area contributed by atoms with Crippen molar-refractivity contribution in [2.75, 3.05) is 38.3 Å². The topological polar surface area (TPSA) is 50.8 Å². The Morgan fingerprint density at radius 2 is 2.37 bits per heavy atom. The molecule has 0 radical (unpaired) electrons. The maximum absolute atomic E-state index is 11.6. The molecule has 2 aliphatic heterocycles. The summed E-state index contributed by atoms with van der Waals surface area (Å²) in [6.45, 7) is 2.68. The fraction of sp³-hybridized carbons (Fsp3) is 0.500. The van der Waals surface area contributed by atoms with Crippen LogP contribution in [0.1, 0.15) is 5.56 Å². The Morgan fingerprint density at radius 3 is 3.16 bits per heavy atom. The average Bonchev–Trinajstić information content (AvgIpc) is 2.45. The van der Waals surface area contributed by atoms with E-state index in [1.807, 2.05) is 18.2 Å². The van der Waals surface area contributed by atoms with Crippen LogP contribution in [0.5, 0.6) is 5.75 Å². The number of likely N-dealkylation sites (N-methyl/N-ethyl adjacent to an activating group) is 1. The van der Waals surface area contributed by atoms with Crippen LogP contribution in [0.25, 0.3) is 0 Å². The molecule has 19 heavy (non-hydrogen) atoms. The van der Waals surface area contributed by atoms with Gasteiger partial charge in [0.1, 0.15) is 5.75 Å². The zero-order valence-electron chi connectivity index (χ0n) is 11.0. The van der Waals surface area contributed by atoms with Crippen molar-refractivity contribution in [3.05, 3.63) is 23.8 Å². The van der Waals surface area contributed by atoms with Crippen molar-refractivity contribution in [2.24, 2.45) is 0 Å². The summed E-state index contributed by atoms with van der Waals surface area (Å²) >= 11 is 0. The fourth-order valence-corrected chi connectivity index (χ4v) is 2.46. The molecule has 1 atom stereocenters. The summed E-state index contributed by atoms with van der Waals surface area (Å²) in [5.74, 6) is 0.758. The van der Waals surface area contributed by atoms with Gasteiger partial charge < -0.3 is 19.7 Å². The highest BCUT2D eigenvalue weighted by Crippen LogP contribution is 2.32. The number of anilines is 1. The summed E-state index contributed by atoms with van der Waals surface area (Å²) in [6, 6.07) is 5.99. The highest BCUT2D eigenvalue weighted by Gasteiger charge is 2.23. The van der Waals surface area contributed by atoms with Crippen LogP contribution in [0.2, 0.25) is 0 Å². The monoisotopic (exact) mass is 262 g/mol. The van der Waals surface area contributed by atoms with Crippen molar-refractivity contribution < 1.29 is 14.3 Å². The molecule has 1 fully saturated rings. The molecule has 5 heteroatoms.